The summed E-state index contributed by atoms with van der Waals surface area (Å²) in [6.45, 7) is 4.25. The number of rotatable bonds is 4. The number of likely N-dealkylation sites (N-methyl/N-ethyl adjacent to an activating group) is 1. The molecule has 0 aromatic heterocycles. The van der Waals surface area contributed by atoms with Gasteiger partial charge in [-0.2, -0.15) is 0 Å². The molecule has 1 heterocycles. The Hall–Kier alpha value is -1.92. The first-order valence-corrected chi connectivity index (χ1v) is 7.22. The lowest BCUT2D eigenvalue weighted by molar-refractivity contribution is -0.165. The van der Waals surface area contributed by atoms with Crippen LogP contribution in [0.4, 0.5) is 0 Å². The number of hydrogen-bond donors (Lipinski definition) is 1. The van der Waals surface area contributed by atoms with E-state index in [4.69, 9.17) is 9.84 Å². The van der Waals surface area contributed by atoms with Crippen LogP contribution in [-0.2, 0) is 16.1 Å². The van der Waals surface area contributed by atoms with Crippen LogP contribution >= 0.6 is 0 Å². The number of carbonyl (C=O) groups is 2. The molecule has 1 aromatic carbocycles. The first-order chi connectivity index (χ1) is 10.3. The second-order valence-electron chi connectivity index (χ2n) is 5.99. The number of ether oxygens (including phenoxy) is 1. The monoisotopic (exact) mass is 306 g/mol. The van der Waals surface area contributed by atoms with Crippen LogP contribution in [-0.4, -0.2) is 66.2 Å². The lowest BCUT2D eigenvalue weighted by Gasteiger charge is -2.40. The molecule has 120 valence electrons. The van der Waals surface area contributed by atoms with Gasteiger partial charge in [-0.05, 0) is 24.6 Å². The number of morpholine rings is 1. The number of carboxylic acid groups (broad SMARTS) is 1. The molecule has 0 bridgehead atoms. The van der Waals surface area contributed by atoms with Crippen LogP contribution in [0.25, 0.3) is 0 Å². The zero-order valence-electron chi connectivity index (χ0n) is 13.2. The van der Waals surface area contributed by atoms with Crippen LogP contribution in [0.2, 0.25) is 0 Å². The Bertz CT molecular complexity index is 556. The number of amides is 1. The van der Waals surface area contributed by atoms with Gasteiger partial charge in [0.05, 0.1) is 12.2 Å². The van der Waals surface area contributed by atoms with Crippen molar-refractivity contribution in [2.24, 2.45) is 0 Å². The zero-order chi connectivity index (χ0) is 16.3. The van der Waals surface area contributed by atoms with Gasteiger partial charge in [-0.3, -0.25) is 9.69 Å². The fraction of sp³-hybridized carbons (Fsp3) is 0.500. The molecule has 1 atom stereocenters. The highest BCUT2D eigenvalue weighted by molar-refractivity contribution is 5.87. The fourth-order valence-electron chi connectivity index (χ4n) is 2.70. The summed E-state index contributed by atoms with van der Waals surface area (Å²) in [5.41, 5.74) is 0.466. The molecule has 1 aliphatic heterocycles. The quantitative estimate of drug-likeness (QED) is 0.901. The first kappa shape index (κ1) is 16.5. The van der Waals surface area contributed by atoms with E-state index in [-0.39, 0.29) is 11.5 Å². The fourth-order valence-corrected chi connectivity index (χ4v) is 2.70. The van der Waals surface area contributed by atoms with Crippen molar-refractivity contribution in [3.05, 3.63) is 35.4 Å². The average Bonchev–Trinajstić information content (AvgIpc) is 2.47. The van der Waals surface area contributed by atoms with Gasteiger partial charge in [0.1, 0.15) is 0 Å². The standard InChI is InChI=1S/C16H22N2O4/c1-16(15(21)17(2)3)11-18(8-9-22-16)10-12-4-6-13(7-5-12)14(19)20/h4-7H,8-11H2,1-3H3,(H,19,20). The maximum Gasteiger partial charge on any atom is 0.335 e. The minimum atomic E-state index is -0.929. The van der Waals surface area contributed by atoms with Crippen LogP contribution in [0.15, 0.2) is 24.3 Å². The molecule has 6 heteroatoms. The smallest absolute Gasteiger partial charge is 0.335 e. The molecule has 1 amide bonds. The second kappa shape index (κ2) is 6.46. The SMILES string of the molecule is CN(C)C(=O)C1(C)CN(Cc2ccc(C(=O)O)cc2)CCO1. The van der Waals surface area contributed by atoms with Crippen LogP contribution in [0, 0.1) is 0 Å². The van der Waals surface area contributed by atoms with Gasteiger partial charge in [0.25, 0.3) is 5.91 Å². The van der Waals surface area contributed by atoms with Crippen molar-refractivity contribution in [2.75, 3.05) is 33.8 Å². The third-order valence-corrected chi connectivity index (χ3v) is 3.82. The molecule has 22 heavy (non-hydrogen) atoms. The molecule has 1 fully saturated rings. The summed E-state index contributed by atoms with van der Waals surface area (Å²) in [5, 5.41) is 8.91. The van der Waals surface area contributed by atoms with Gasteiger partial charge in [-0.1, -0.05) is 12.1 Å². The normalized spacial score (nSPS) is 22.3. The highest BCUT2D eigenvalue weighted by Gasteiger charge is 2.40. The summed E-state index contributed by atoms with van der Waals surface area (Å²) >= 11 is 0. The Balaban J connectivity index is 2.04. The topological polar surface area (TPSA) is 70.1 Å². The van der Waals surface area contributed by atoms with E-state index in [0.717, 1.165) is 12.1 Å². The molecule has 6 nitrogen and oxygen atoms in total. The number of aromatic carboxylic acids is 1. The second-order valence-corrected chi connectivity index (χ2v) is 5.99. The molecule has 1 aliphatic rings. The van der Waals surface area contributed by atoms with E-state index in [2.05, 4.69) is 4.90 Å². The summed E-state index contributed by atoms with van der Waals surface area (Å²) in [6.07, 6.45) is 0. The minimum absolute atomic E-state index is 0.0431. The predicted octanol–water partition coefficient (Wildman–Crippen LogP) is 1.06. The van der Waals surface area contributed by atoms with E-state index in [0.29, 0.717) is 19.7 Å². The van der Waals surface area contributed by atoms with E-state index in [1.165, 1.54) is 0 Å². The van der Waals surface area contributed by atoms with Crippen molar-refractivity contribution >= 4 is 11.9 Å². The molecule has 0 spiro atoms. The molecular formula is C16H22N2O4. The van der Waals surface area contributed by atoms with Crippen molar-refractivity contribution in [3.8, 4) is 0 Å². The summed E-state index contributed by atoms with van der Waals surface area (Å²) in [5.74, 6) is -0.972. The van der Waals surface area contributed by atoms with Gasteiger partial charge in [0.2, 0.25) is 0 Å². The summed E-state index contributed by atoms with van der Waals surface area (Å²) in [6, 6.07) is 6.82. The van der Waals surface area contributed by atoms with Crippen molar-refractivity contribution in [3.63, 3.8) is 0 Å². The zero-order valence-corrected chi connectivity index (χ0v) is 13.2. The Labute approximate surface area is 130 Å². The van der Waals surface area contributed by atoms with Gasteiger partial charge in [0, 0.05) is 33.7 Å². The summed E-state index contributed by atoms with van der Waals surface area (Å²) in [7, 11) is 3.45. The van der Waals surface area contributed by atoms with Crippen molar-refractivity contribution in [1.29, 1.82) is 0 Å². The molecule has 1 aromatic rings. The molecule has 0 aliphatic carbocycles. The Kier molecular flexibility index (Phi) is 4.83. The maximum atomic E-state index is 12.2. The maximum absolute atomic E-state index is 12.2. The van der Waals surface area contributed by atoms with Gasteiger partial charge in [0.15, 0.2) is 5.60 Å². The van der Waals surface area contributed by atoms with Crippen LogP contribution < -0.4 is 0 Å². The first-order valence-electron chi connectivity index (χ1n) is 7.22. The number of benzene rings is 1. The van der Waals surface area contributed by atoms with Crippen molar-refractivity contribution < 1.29 is 19.4 Å². The van der Waals surface area contributed by atoms with Crippen molar-refractivity contribution in [1.82, 2.24) is 9.80 Å². The lowest BCUT2D eigenvalue weighted by atomic mass is 10.0. The van der Waals surface area contributed by atoms with E-state index < -0.39 is 11.6 Å². The molecule has 0 radical (unpaired) electrons. The Morgan fingerprint density at radius 1 is 1.32 bits per heavy atom. The van der Waals surface area contributed by atoms with Crippen LogP contribution in [0.1, 0.15) is 22.8 Å². The van der Waals surface area contributed by atoms with E-state index >= 15 is 0 Å². The lowest BCUT2D eigenvalue weighted by Crippen LogP contribution is -2.57. The predicted molar refractivity (Wildman–Crippen MR) is 81.7 cm³/mol. The summed E-state index contributed by atoms with van der Waals surface area (Å²) in [4.78, 5) is 26.8. The molecular weight excluding hydrogens is 284 g/mol. The number of carboxylic acids is 1. The Morgan fingerprint density at radius 2 is 1.95 bits per heavy atom. The van der Waals surface area contributed by atoms with E-state index in [9.17, 15) is 9.59 Å². The number of nitrogens with zero attached hydrogens (tertiary/aromatic N) is 2. The number of hydrogen-bond acceptors (Lipinski definition) is 4. The van der Waals surface area contributed by atoms with Gasteiger partial charge >= 0.3 is 5.97 Å². The summed E-state index contributed by atoms with van der Waals surface area (Å²) < 4.78 is 5.70. The molecule has 2 rings (SSSR count). The van der Waals surface area contributed by atoms with Gasteiger partial charge in [-0.25, -0.2) is 4.79 Å². The third-order valence-electron chi connectivity index (χ3n) is 3.82. The highest BCUT2D eigenvalue weighted by atomic mass is 16.5. The molecule has 1 saturated heterocycles. The highest BCUT2D eigenvalue weighted by Crippen LogP contribution is 2.21. The largest absolute Gasteiger partial charge is 0.478 e. The van der Waals surface area contributed by atoms with Gasteiger partial charge < -0.3 is 14.7 Å². The molecule has 1 unspecified atom stereocenters. The van der Waals surface area contributed by atoms with Crippen molar-refractivity contribution in [2.45, 2.75) is 19.1 Å². The Morgan fingerprint density at radius 3 is 2.50 bits per heavy atom. The molecule has 1 N–H and O–H groups in total. The number of carbonyl (C=O) groups excluding carboxylic acids is 1. The average molecular weight is 306 g/mol. The van der Waals surface area contributed by atoms with E-state index in [1.807, 2.05) is 19.1 Å². The van der Waals surface area contributed by atoms with Crippen LogP contribution in [0.5, 0.6) is 0 Å². The molecule has 0 saturated carbocycles. The third kappa shape index (κ3) is 3.64. The van der Waals surface area contributed by atoms with Crippen LogP contribution in [0.3, 0.4) is 0 Å². The van der Waals surface area contributed by atoms with Gasteiger partial charge in [-0.15, -0.1) is 0 Å². The minimum Gasteiger partial charge on any atom is -0.478 e. The van der Waals surface area contributed by atoms with E-state index in [1.54, 1.807) is 31.1 Å².